The number of hydrogen-bond acceptors (Lipinski definition) is 1. The van der Waals surface area contributed by atoms with Crippen LogP contribution in [0.5, 0.6) is 0 Å². The van der Waals surface area contributed by atoms with E-state index in [9.17, 15) is 0 Å². The SMILES string of the molecule is CCCNCC(Cc1ccc(I)cc1)c1ccc(C)cc1. The van der Waals surface area contributed by atoms with E-state index in [0.717, 1.165) is 19.5 Å². The molecule has 112 valence electrons. The second-order valence-corrected chi connectivity index (χ2v) is 6.89. The van der Waals surface area contributed by atoms with Gasteiger partial charge in [-0.1, -0.05) is 48.9 Å². The van der Waals surface area contributed by atoms with E-state index in [1.807, 2.05) is 0 Å². The van der Waals surface area contributed by atoms with Crippen molar-refractivity contribution in [1.82, 2.24) is 5.32 Å². The smallest absolute Gasteiger partial charge is 0.0130 e. The first-order chi connectivity index (χ1) is 10.2. The van der Waals surface area contributed by atoms with E-state index in [1.165, 1.54) is 26.7 Å². The van der Waals surface area contributed by atoms with E-state index in [0.29, 0.717) is 5.92 Å². The van der Waals surface area contributed by atoms with Gasteiger partial charge in [0, 0.05) is 16.0 Å². The van der Waals surface area contributed by atoms with Crippen molar-refractivity contribution in [2.45, 2.75) is 32.6 Å². The van der Waals surface area contributed by atoms with Crippen LogP contribution in [-0.2, 0) is 6.42 Å². The Morgan fingerprint density at radius 3 is 2.29 bits per heavy atom. The number of rotatable bonds is 7. The Morgan fingerprint density at radius 1 is 1.00 bits per heavy atom. The van der Waals surface area contributed by atoms with Gasteiger partial charge in [0.15, 0.2) is 0 Å². The molecule has 1 nitrogen and oxygen atoms in total. The van der Waals surface area contributed by atoms with Crippen LogP contribution in [-0.4, -0.2) is 13.1 Å². The maximum atomic E-state index is 3.58. The van der Waals surface area contributed by atoms with Crippen molar-refractivity contribution in [3.63, 3.8) is 0 Å². The summed E-state index contributed by atoms with van der Waals surface area (Å²) >= 11 is 2.36. The summed E-state index contributed by atoms with van der Waals surface area (Å²) in [6.07, 6.45) is 2.28. The summed E-state index contributed by atoms with van der Waals surface area (Å²) in [5.41, 5.74) is 4.18. The average molecular weight is 393 g/mol. The Morgan fingerprint density at radius 2 is 1.67 bits per heavy atom. The summed E-state index contributed by atoms with van der Waals surface area (Å²) in [6.45, 7) is 6.50. The van der Waals surface area contributed by atoms with Gasteiger partial charge in [0.05, 0.1) is 0 Å². The molecule has 0 amide bonds. The zero-order valence-electron chi connectivity index (χ0n) is 12.9. The van der Waals surface area contributed by atoms with Crippen molar-refractivity contribution in [1.29, 1.82) is 0 Å². The van der Waals surface area contributed by atoms with E-state index in [4.69, 9.17) is 0 Å². The Balaban J connectivity index is 2.11. The lowest BCUT2D eigenvalue weighted by molar-refractivity contribution is 0.576. The van der Waals surface area contributed by atoms with Crippen molar-refractivity contribution < 1.29 is 0 Å². The zero-order chi connectivity index (χ0) is 15.1. The van der Waals surface area contributed by atoms with Crippen LogP contribution in [0.4, 0.5) is 0 Å². The molecule has 0 aliphatic heterocycles. The highest BCUT2D eigenvalue weighted by Gasteiger charge is 2.12. The van der Waals surface area contributed by atoms with Crippen LogP contribution in [0.25, 0.3) is 0 Å². The molecular formula is C19H24IN. The number of halogens is 1. The lowest BCUT2D eigenvalue weighted by Crippen LogP contribution is -2.23. The Hall–Kier alpha value is -0.870. The van der Waals surface area contributed by atoms with Crippen LogP contribution < -0.4 is 5.32 Å². The van der Waals surface area contributed by atoms with Crippen molar-refractivity contribution >= 4 is 22.6 Å². The molecule has 0 aromatic heterocycles. The molecule has 2 aromatic carbocycles. The summed E-state index contributed by atoms with van der Waals surface area (Å²) in [4.78, 5) is 0. The molecule has 1 unspecified atom stereocenters. The first-order valence-corrected chi connectivity index (χ1v) is 8.78. The van der Waals surface area contributed by atoms with Gasteiger partial charge in [0.25, 0.3) is 0 Å². The Bertz CT molecular complexity index is 530. The topological polar surface area (TPSA) is 12.0 Å². The number of hydrogen-bond donors (Lipinski definition) is 1. The molecule has 0 bridgehead atoms. The molecule has 0 aliphatic carbocycles. The van der Waals surface area contributed by atoms with Gasteiger partial charge in [-0.3, -0.25) is 0 Å². The summed E-state index contributed by atoms with van der Waals surface area (Å²) < 4.78 is 1.30. The molecule has 2 heteroatoms. The standard InChI is InChI=1S/C19H24IN/c1-3-12-21-14-18(17-8-4-15(2)5-9-17)13-16-6-10-19(20)11-7-16/h4-11,18,21H,3,12-14H2,1-2H3. The first kappa shape index (κ1) is 16.5. The van der Waals surface area contributed by atoms with Crippen molar-refractivity contribution in [2.75, 3.05) is 13.1 Å². The maximum Gasteiger partial charge on any atom is 0.0130 e. The van der Waals surface area contributed by atoms with Crippen LogP contribution in [0.3, 0.4) is 0 Å². The molecular weight excluding hydrogens is 369 g/mol. The molecule has 0 saturated carbocycles. The highest BCUT2D eigenvalue weighted by Crippen LogP contribution is 2.21. The third-order valence-corrected chi connectivity index (χ3v) is 4.48. The van der Waals surface area contributed by atoms with Crippen molar-refractivity contribution in [3.8, 4) is 0 Å². The Labute approximate surface area is 142 Å². The van der Waals surface area contributed by atoms with E-state index < -0.39 is 0 Å². The quantitative estimate of drug-likeness (QED) is 0.520. The van der Waals surface area contributed by atoms with Gasteiger partial charge in [-0.25, -0.2) is 0 Å². The fourth-order valence-electron chi connectivity index (χ4n) is 2.50. The van der Waals surface area contributed by atoms with Crippen LogP contribution in [0.2, 0.25) is 0 Å². The fourth-order valence-corrected chi connectivity index (χ4v) is 2.86. The van der Waals surface area contributed by atoms with Crippen LogP contribution in [0.15, 0.2) is 48.5 Å². The highest BCUT2D eigenvalue weighted by molar-refractivity contribution is 14.1. The van der Waals surface area contributed by atoms with Gasteiger partial charge in [-0.05, 0) is 72.2 Å². The predicted octanol–water partition coefficient (Wildman–Crippen LogP) is 4.93. The van der Waals surface area contributed by atoms with Gasteiger partial charge >= 0.3 is 0 Å². The predicted molar refractivity (Wildman–Crippen MR) is 99.9 cm³/mol. The summed E-state index contributed by atoms with van der Waals surface area (Å²) in [5, 5.41) is 3.58. The lowest BCUT2D eigenvalue weighted by atomic mass is 9.91. The van der Waals surface area contributed by atoms with Gasteiger partial charge in [-0.15, -0.1) is 0 Å². The molecule has 0 aliphatic rings. The lowest BCUT2D eigenvalue weighted by Gasteiger charge is -2.19. The second kappa shape index (κ2) is 8.54. The molecule has 1 atom stereocenters. The normalized spacial score (nSPS) is 12.3. The van der Waals surface area contributed by atoms with Gasteiger partial charge < -0.3 is 5.32 Å². The second-order valence-electron chi connectivity index (χ2n) is 5.64. The van der Waals surface area contributed by atoms with E-state index >= 15 is 0 Å². The summed E-state index contributed by atoms with van der Waals surface area (Å²) in [7, 11) is 0. The average Bonchev–Trinajstić information content (AvgIpc) is 2.49. The molecule has 1 N–H and O–H groups in total. The molecule has 2 rings (SSSR count). The largest absolute Gasteiger partial charge is 0.316 e. The van der Waals surface area contributed by atoms with Gasteiger partial charge in [0.2, 0.25) is 0 Å². The van der Waals surface area contributed by atoms with Gasteiger partial charge in [-0.2, -0.15) is 0 Å². The molecule has 0 saturated heterocycles. The monoisotopic (exact) mass is 393 g/mol. The fraction of sp³-hybridized carbons (Fsp3) is 0.368. The zero-order valence-corrected chi connectivity index (χ0v) is 15.1. The Kier molecular flexibility index (Phi) is 6.71. The van der Waals surface area contributed by atoms with Crippen LogP contribution in [0, 0.1) is 10.5 Å². The molecule has 2 aromatic rings. The number of nitrogens with one attached hydrogen (secondary N) is 1. The number of benzene rings is 2. The third-order valence-electron chi connectivity index (χ3n) is 3.76. The summed E-state index contributed by atoms with van der Waals surface area (Å²) in [5.74, 6) is 0.539. The van der Waals surface area contributed by atoms with E-state index in [2.05, 4.69) is 90.3 Å². The number of aryl methyl sites for hydroxylation is 1. The molecule has 0 heterocycles. The minimum Gasteiger partial charge on any atom is -0.316 e. The molecule has 21 heavy (non-hydrogen) atoms. The molecule has 0 radical (unpaired) electrons. The highest BCUT2D eigenvalue weighted by atomic mass is 127. The van der Waals surface area contributed by atoms with Crippen LogP contribution >= 0.6 is 22.6 Å². The van der Waals surface area contributed by atoms with E-state index in [1.54, 1.807) is 0 Å². The molecule has 0 spiro atoms. The van der Waals surface area contributed by atoms with Crippen LogP contribution in [0.1, 0.15) is 36.0 Å². The molecule has 0 fully saturated rings. The van der Waals surface area contributed by atoms with Crippen molar-refractivity contribution in [3.05, 3.63) is 68.8 Å². The van der Waals surface area contributed by atoms with E-state index in [-0.39, 0.29) is 0 Å². The first-order valence-electron chi connectivity index (χ1n) is 7.70. The maximum absolute atomic E-state index is 3.58. The minimum absolute atomic E-state index is 0.539. The van der Waals surface area contributed by atoms with Crippen molar-refractivity contribution in [2.24, 2.45) is 0 Å². The third kappa shape index (κ3) is 5.44. The van der Waals surface area contributed by atoms with Gasteiger partial charge in [0.1, 0.15) is 0 Å². The summed E-state index contributed by atoms with van der Waals surface area (Å²) in [6, 6.07) is 17.9. The minimum atomic E-state index is 0.539.